The molecule has 0 aliphatic rings. The van der Waals surface area contributed by atoms with Gasteiger partial charge in [-0.1, -0.05) is 6.07 Å². The van der Waals surface area contributed by atoms with E-state index in [0.717, 1.165) is 22.6 Å². The molecule has 1 aromatic carbocycles. The first kappa shape index (κ1) is 10.5. The Labute approximate surface area is 93.6 Å². The van der Waals surface area contributed by atoms with Gasteiger partial charge < -0.3 is 10.2 Å². The van der Waals surface area contributed by atoms with Crippen LogP contribution in [-0.2, 0) is 0 Å². The lowest BCUT2D eigenvalue weighted by Gasteiger charge is -2.02. The van der Waals surface area contributed by atoms with Crippen molar-refractivity contribution in [2.75, 3.05) is 0 Å². The third kappa shape index (κ3) is 1.98. The number of benzene rings is 1. The number of phenols is 2. The number of hydrogen-bond donors (Lipinski definition) is 2. The average Bonchev–Trinajstić information content (AvgIpc) is 2.20. The molecule has 3 heteroatoms. The largest absolute Gasteiger partial charge is 0.504 e. The lowest BCUT2D eigenvalue weighted by molar-refractivity contribution is 0.404. The fourth-order valence-corrected chi connectivity index (χ4v) is 1.66. The van der Waals surface area contributed by atoms with Gasteiger partial charge in [0.05, 0.1) is 13.8 Å². The van der Waals surface area contributed by atoms with E-state index >= 15 is 0 Å². The first-order chi connectivity index (χ1) is 7.56. The molecule has 3 nitrogen and oxygen atoms in total. The summed E-state index contributed by atoms with van der Waals surface area (Å²) < 4.78 is 5.38. The Morgan fingerprint density at radius 2 is 1.44 bits per heavy atom. The highest BCUT2D eigenvalue weighted by Crippen LogP contribution is 2.31. The van der Waals surface area contributed by atoms with Gasteiger partial charge in [0.15, 0.2) is 11.5 Å². The highest BCUT2D eigenvalue weighted by molar-refractivity contribution is 5.67. The van der Waals surface area contributed by atoms with Crippen LogP contribution in [-0.4, -0.2) is 10.2 Å². The molecule has 1 heterocycles. The Hall–Kier alpha value is -2.03. The van der Waals surface area contributed by atoms with Crippen LogP contribution in [0.3, 0.4) is 0 Å². The second-order valence-electron chi connectivity index (χ2n) is 3.77. The zero-order chi connectivity index (χ0) is 11.7. The van der Waals surface area contributed by atoms with Gasteiger partial charge in [0.2, 0.25) is 0 Å². The van der Waals surface area contributed by atoms with Crippen LogP contribution in [0.5, 0.6) is 11.5 Å². The SMILES string of the molecule is Cc1cc(-c2ccc(O)c(O)c2)cc(C)[o+]1. The molecular weight excluding hydrogens is 204 g/mol. The van der Waals surface area contributed by atoms with Gasteiger partial charge in [-0.15, -0.1) is 0 Å². The zero-order valence-corrected chi connectivity index (χ0v) is 9.19. The molecule has 2 N–H and O–H groups in total. The number of phenolic OH excluding ortho intramolecular Hbond substituents is 2. The van der Waals surface area contributed by atoms with Crippen molar-refractivity contribution < 1.29 is 14.6 Å². The fraction of sp³-hybridized carbons (Fsp3) is 0.154. The van der Waals surface area contributed by atoms with Gasteiger partial charge >= 0.3 is 11.5 Å². The fourth-order valence-electron chi connectivity index (χ4n) is 1.66. The molecule has 2 aromatic rings. The van der Waals surface area contributed by atoms with Crippen LogP contribution < -0.4 is 0 Å². The average molecular weight is 217 g/mol. The van der Waals surface area contributed by atoms with E-state index in [9.17, 15) is 10.2 Å². The standard InChI is InChI=1S/C13H12O3/c1-8-5-11(6-9(2)16-8)10-3-4-12(14)13(15)7-10/h3-7H,1-2H3,(H-,14,15)/p+1. The van der Waals surface area contributed by atoms with E-state index in [4.69, 9.17) is 4.42 Å². The number of rotatable bonds is 1. The molecule has 2 rings (SSSR count). The van der Waals surface area contributed by atoms with Crippen LogP contribution in [0.15, 0.2) is 34.7 Å². The molecule has 16 heavy (non-hydrogen) atoms. The van der Waals surface area contributed by atoms with Gasteiger partial charge in [0.1, 0.15) is 0 Å². The van der Waals surface area contributed by atoms with Crippen LogP contribution in [0.1, 0.15) is 11.5 Å². The van der Waals surface area contributed by atoms with E-state index in [1.807, 2.05) is 26.0 Å². The van der Waals surface area contributed by atoms with Gasteiger partial charge in [-0.05, 0) is 23.3 Å². The first-order valence-corrected chi connectivity index (χ1v) is 5.00. The van der Waals surface area contributed by atoms with Crippen molar-refractivity contribution >= 4 is 0 Å². The molecule has 0 saturated carbocycles. The summed E-state index contributed by atoms with van der Waals surface area (Å²) in [5.41, 5.74) is 1.80. The quantitative estimate of drug-likeness (QED) is 0.569. The maximum Gasteiger partial charge on any atom is 0.327 e. The van der Waals surface area contributed by atoms with Gasteiger partial charge in [0.25, 0.3) is 0 Å². The van der Waals surface area contributed by atoms with Crippen molar-refractivity contribution in [3.63, 3.8) is 0 Å². The molecule has 0 aliphatic carbocycles. The lowest BCUT2D eigenvalue weighted by Crippen LogP contribution is -1.82. The molecule has 1 aromatic heterocycles. The minimum atomic E-state index is -0.117. The lowest BCUT2D eigenvalue weighted by atomic mass is 10.1. The molecule has 0 unspecified atom stereocenters. The van der Waals surface area contributed by atoms with Crippen LogP contribution in [0.4, 0.5) is 0 Å². The Balaban J connectivity index is 2.54. The Morgan fingerprint density at radius 3 is 2.00 bits per heavy atom. The van der Waals surface area contributed by atoms with Crippen molar-refractivity contribution in [2.45, 2.75) is 13.8 Å². The summed E-state index contributed by atoms with van der Waals surface area (Å²) in [7, 11) is 0. The van der Waals surface area contributed by atoms with E-state index in [2.05, 4.69) is 0 Å². The third-order valence-electron chi connectivity index (χ3n) is 2.35. The summed E-state index contributed by atoms with van der Waals surface area (Å²) >= 11 is 0. The molecule has 0 fully saturated rings. The van der Waals surface area contributed by atoms with Crippen molar-refractivity contribution in [3.8, 4) is 22.6 Å². The third-order valence-corrected chi connectivity index (χ3v) is 2.35. The van der Waals surface area contributed by atoms with E-state index in [1.165, 1.54) is 12.1 Å². The van der Waals surface area contributed by atoms with E-state index in [-0.39, 0.29) is 11.5 Å². The molecule has 0 amide bonds. The van der Waals surface area contributed by atoms with Gasteiger partial charge in [-0.2, -0.15) is 0 Å². The first-order valence-electron chi connectivity index (χ1n) is 5.00. The maximum absolute atomic E-state index is 9.43. The Morgan fingerprint density at radius 1 is 0.812 bits per heavy atom. The number of hydrogen-bond acceptors (Lipinski definition) is 2. The molecule has 0 radical (unpaired) electrons. The monoisotopic (exact) mass is 217 g/mol. The van der Waals surface area contributed by atoms with Crippen LogP contribution in [0.2, 0.25) is 0 Å². The second-order valence-corrected chi connectivity index (χ2v) is 3.77. The molecule has 82 valence electrons. The minimum Gasteiger partial charge on any atom is -0.504 e. The van der Waals surface area contributed by atoms with Crippen LogP contribution in [0, 0.1) is 13.8 Å². The molecule has 0 bridgehead atoms. The summed E-state index contributed by atoms with van der Waals surface area (Å²) in [5, 5.41) is 18.7. The van der Waals surface area contributed by atoms with E-state index in [1.54, 1.807) is 6.07 Å². The smallest absolute Gasteiger partial charge is 0.327 e. The highest BCUT2D eigenvalue weighted by Gasteiger charge is 2.10. The summed E-state index contributed by atoms with van der Waals surface area (Å²) in [6, 6.07) is 8.53. The van der Waals surface area contributed by atoms with Gasteiger partial charge in [-0.3, -0.25) is 0 Å². The Bertz CT molecular complexity index is 512. The highest BCUT2D eigenvalue weighted by atomic mass is 16.3. The molecule has 0 atom stereocenters. The molecule has 0 aliphatic heterocycles. The predicted octanol–water partition coefficient (Wildman–Crippen LogP) is 3.26. The van der Waals surface area contributed by atoms with Crippen molar-refractivity contribution in [3.05, 3.63) is 41.9 Å². The topological polar surface area (TPSA) is 51.8 Å². The predicted molar refractivity (Wildman–Crippen MR) is 61.4 cm³/mol. The summed E-state index contributed by atoms with van der Waals surface area (Å²) in [6.45, 7) is 3.74. The molecular formula is C13H13O3+. The van der Waals surface area contributed by atoms with Crippen molar-refractivity contribution in [2.24, 2.45) is 0 Å². The summed E-state index contributed by atoms with van der Waals surface area (Å²) in [4.78, 5) is 0. The van der Waals surface area contributed by atoms with E-state index < -0.39 is 0 Å². The van der Waals surface area contributed by atoms with Crippen LogP contribution in [0.25, 0.3) is 11.1 Å². The maximum atomic E-state index is 9.43. The molecule has 0 spiro atoms. The number of aromatic hydroxyl groups is 2. The number of aryl methyl sites for hydroxylation is 2. The van der Waals surface area contributed by atoms with Gasteiger partial charge in [-0.25, -0.2) is 4.42 Å². The van der Waals surface area contributed by atoms with Crippen LogP contribution >= 0.6 is 0 Å². The van der Waals surface area contributed by atoms with Crippen molar-refractivity contribution in [1.82, 2.24) is 0 Å². The normalized spacial score (nSPS) is 10.4. The van der Waals surface area contributed by atoms with Gasteiger partial charge in [0, 0.05) is 12.1 Å². The minimum absolute atomic E-state index is 0.113. The zero-order valence-electron chi connectivity index (χ0n) is 9.19. The second kappa shape index (κ2) is 3.85. The van der Waals surface area contributed by atoms with E-state index in [0.29, 0.717) is 0 Å². The Kier molecular flexibility index (Phi) is 2.52. The summed E-state index contributed by atoms with van der Waals surface area (Å²) in [6.07, 6.45) is 0. The summed E-state index contributed by atoms with van der Waals surface area (Å²) in [5.74, 6) is 1.39. The van der Waals surface area contributed by atoms with Crippen molar-refractivity contribution in [1.29, 1.82) is 0 Å². The molecule has 0 saturated heterocycles.